The van der Waals surface area contributed by atoms with Gasteiger partial charge >= 0.3 is 0 Å². The fraction of sp³-hybridized carbons (Fsp3) is 0.375. The molecule has 0 amide bonds. The van der Waals surface area contributed by atoms with Crippen molar-refractivity contribution in [1.82, 2.24) is 0 Å². The molecule has 2 aromatic carbocycles. The van der Waals surface area contributed by atoms with Crippen LogP contribution in [0.2, 0.25) is 0 Å². The lowest BCUT2D eigenvalue weighted by Gasteiger charge is -2.36. The molecule has 0 heterocycles. The zero-order valence-electron chi connectivity index (χ0n) is 16.6. The molecule has 0 aromatic heterocycles. The SMILES string of the molecule is COC1=C(c2ccc(C#N)cc2)[C@H]2CCC[C@H]2[C@@]1(OC)c1ccc(OC)cc1. The minimum atomic E-state index is -0.606. The van der Waals surface area contributed by atoms with Crippen molar-refractivity contribution in [3.63, 3.8) is 0 Å². The van der Waals surface area contributed by atoms with Gasteiger partial charge in [-0.05, 0) is 54.2 Å². The van der Waals surface area contributed by atoms with E-state index in [1.165, 1.54) is 12.0 Å². The molecule has 4 rings (SSSR count). The van der Waals surface area contributed by atoms with Crippen LogP contribution in [-0.2, 0) is 15.1 Å². The molecular formula is C24H25NO3. The molecule has 28 heavy (non-hydrogen) atoms. The Hall–Kier alpha value is -2.77. The molecule has 2 aliphatic carbocycles. The average molecular weight is 375 g/mol. The van der Waals surface area contributed by atoms with Gasteiger partial charge in [-0.3, -0.25) is 0 Å². The number of methoxy groups -OCH3 is 3. The van der Waals surface area contributed by atoms with E-state index in [9.17, 15) is 0 Å². The Bertz CT molecular complexity index is 924. The van der Waals surface area contributed by atoms with Gasteiger partial charge in [-0.1, -0.05) is 30.7 Å². The van der Waals surface area contributed by atoms with Crippen LogP contribution in [0.4, 0.5) is 0 Å². The second kappa shape index (κ2) is 7.33. The first-order valence-electron chi connectivity index (χ1n) is 9.68. The molecule has 4 heteroatoms. The van der Waals surface area contributed by atoms with Crippen LogP contribution in [0.1, 0.15) is 36.0 Å². The van der Waals surface area contributed by atoms with E-state index in [0.717, 1.165) is 35.5 Å². The summed E-state index contributed by atoms with van der Waals surface area (Å²) < 4.78 is 17.7. The van der Waals surface area contributed by atoms with Crippen LogP contribution in [0.3, 0.4) is 0 Å². The van der Waals surface area contributed by atoms with Crippen molar-refractivity contribution in [3.8, 4) is 11.8 Å². The number of rotatable bonds is 5. The van der Waals surface area contributed by atoms with Crippen LogP contribution in [-0.4, -0.2) is 21.3 Å². The Labute approximate surface area is 166 Å². The van der Waals surface area contributed by atoms with Crippen molar-refractivity contribution in [2.75, 3.05) is 21.3 Å². The summed E-state index contributed by atoms with van der Waals surface area (Å²) in [6, 6.07) is 18.1. The number of allylic oxidation sites excluding steroid dienone is 1. The van der Waals surface area contributed by atoms with Crippen molar-refractivity contribution in [2.45, 2.75) is 24.9 Å². The van der Waals surface area contributed by atoms with Crippen LogP contribution in [0.5, 0.6) is 5.75 Å². The van der Waals surface area contributed by atoms with Gasteiger partial charge in [0.2, 0.25) is 0 Å². The van der Waals surface area contributed by atoms with Crippen molar-refractivity contribution in [1.29, 1.82) is 5.26 Å². The predicted molar refractivity (Wildman–Crippen MR) is 108 cm³/mol. The summed E-state index contributed by atoms with van der Waals surface area (Å²) >= 11 is 0. The van der Waals surface area contributed by atoms with Crippen molar-refractivity contribution in [2.24, 2.45) is 11.8 Å². The highest BCUT2D eigenvalue weighted by Crippen LogP contribution is 2.61. The molecule has 0 unspecified atom stereocenters. The maximum absolute atomic E-state index is 9.14. The molecule has 1 fully saturated rings. The van der Waals surface area contributed by atoms with E-state index in [1.807, 2.05) is 36.4 Å². The molecule has 0 saturated heterocycles. The number of benzene rings is 2. The van der Waals surface area contributed by atoms with E-state index in [4.69, 9.17) is 19.5 Å². The van der Waals surface area contributed by atoms with E-state index in [-0.39, 0.29) is 0 Å². The molecule has 0 aliphatic heterocycles. The zero-order chi connectivity index (χ0) is 19.7. The van der Waals surface area contributed by atoms with Gasteiger partial charge in [-0.2, -0.15) is 5.26 Å². The molecule has 0 bridgehead atoms. The molecule has 0 spiro atoms. The second-order valence-electron chi connectivity index (χ2n) is 7.45. The summed E-state index contributed by atoms with van der Waals surface area (Å²) in [5, 5.41) is 9.14. The molecule has 1 saturated carbocycles. The molecule has 4 nitrogen and oxygen atoms in total. The van der Waals surface area contributed by atoms with Gasteiger partial charge in [0.25, 0.3) is 0 Å². The molecule has 0 N–H and O–H groups in total. The maximum Gasteiger partial charge on any atom is 0.153 e. The van der Waals surface area contributed by atoms with E-state index in [2.05, 4.69) is 18.2 Å². The van der Waals surface area contributed by atoms with Crippen LogP contribution >= 0.6 is 0 Å². The first-order chi connectivity index (χ1) is 13.7. The Morgan fingerprint density at radius 2 is 1.64 bits per heavy atom. The Morgan fingerprint density at radius 1 is 0.929 bits per heavy atom. The number of fused-ring (bicyclic) bond motifs is 1. The van der Waals surface area contributed by atoms with Crippen molar-refractivity contribution >= 4 is 5.57 Å². The minimum absolute atomic E-state index is 0.325. The van der Waals surface area contributed by atoms with E-state index in [0.29, 0.717) is 17.4 Å². The Kier molecular flexibility index (Phi) is 4.87. The maximum atomic E-state index is 9.14. The standard InChI is InChI=1S/C24H25NO3/c1-26-19-13-11-18(12-14-19)24(28-3)21-6-4-5-20(21)22(23(24)27-2)17-9-7-16(15-25)8-10-17/h7-14,20-21H,4-6H2,1-3H3/t20-,21+,24-/m0/s1. The lowest BCUT2D eigenvalue weighted by atomic mass is 9.79. The van der Waals surface area contributed by atoms with Crippen LogP contribution in [0.25, 0.3) is 5.57 Å². The van der Waals surface area contributed by atoms with Crippen LogP contribution in [0.15, 0.2) is 54.3 Å². The summed E-state index contributed by atoms with van der Waals surface area (Å²) in [5.74, 6) is 2.42. The number of nitrogens with zero attached hydrogens (tertiary/aromatic N) is 1. The number of ether oxygens (including phenoxy) is 3. The highest BCUT2D eigenvalue weighted by molar-refractivity contribution is 5.75. The first-order valence-corrected chi connectivity index (χ1v) is 9.68. The third-order valence-electron chi connectivity index (χ3n) is 6.36. The zero-order valence-corrected chi connectivity index (χ0v) is 16.6. The largest absolute Gasteiger partial charge is 0.497 e. The van der Waals surface area contributed by atoms with Gasteiger partial charge in [0.15, 0.2) is 5.60 Å². The monoisotopic (exact) mass is 375 g/mol. The minimum Gasteiger partial charge on any atom is -0.497 e. The third kappa shape index (κ3) is 2.62. The topological polar surface area (TPSA) is 51.5 Å². The molecule has 0 radical (unpaired) electrons. The highest BCUT2D eigenvalue weighted by atomic mass is 16.5. The summed E-state index contributed by atoms with van der Waals surface area (Å²) in [7, 11) is 5.19. The van der Waals surface area contributed by atoms with E-state index < -0.39 is 5.60 Å². The average Bonchev–Trinajstić information content (AvgIpc) is 3.33. The summed E-state index contributed by atoms with van der Waals surface area (Å²) in [6.45, 7) is 0. The third-order valence-corrected chi connectivity index (χ3v) is 6.36. The number of hydrogen-bond donors (Lipinski definition) is 0. The molecule has 2 aromatic rings. The highest BCUT2D eigenvalue weighted by Gasteiger charge is 2.58. The Balaban J connectivity index is 1.91. The smallest absolute Gasteiger partial charge is 0.153 e. The Morgan fingerprint density at radius 3 is 2.21 bits per heavy atom. The van der Waals surface area contributed by atoms with Gasteiger partial charge in [-0.25, -0.2) is 0 Å². The lowest BCUT2D eigenvalue weighted by molar-refractivity contribution is -0.0604. The van der Waals surface area contributed by atoms with Gasteiger partial charge in [0, 0.05) is 18.6 Å². The number of nitriles is 1. The van der Waals surface area contributed by atoms with E-state index >= 15 is 0 Å². The van der Waals surface area contributed by atoms with Crippen LogP contribution in [0, 0.1) is 23.2 Å². The molecule has 2 aliphatic rings. The van der Waals surface area contributed by atoms with Gasteiger partial charge < -0.3 is 14.2 Å². The fourth-order valence-corrected chi connectivity index (χ4v) is 5.21. The molecule has 144 valence electrons. The summed E-state index contributed by atoms with van der Waals surface area (Å²) in [4.78, 5) is 0. The van der Waals surface area contributed by atoms with Crippen LogP contribution < -0.4 is 4.74 Å². The fourth-order valence-electron chi connectivity index (χ4n) is 5.21. The predicted octanol–water partition coefficient (Wildman–Crippen LogP) is 4.90. The summed E-state index contributed by atoms with van der Waals surface area (Å²) in [5.41, 5.74) is 3.48. The van der Waals surface area contributed by atoms with Crippen molar-refractivity contribution in [3.05, 3.63) is 71.0 Å². The van der Waals surface area contributed by atoms with E-state index in [1.54, 1.807) is 21.3 Å². The quantitative estimate of drug-likeness (QED) is 0.746. The first kappa shape index (κ1) is 18.6. The second-order valence-corrected chi connectivity index (χ2v) is 7.45. The lowest BCUT2D eigenvalue weighted by Crippen LogP contribution is -2.37. The van der Waals surface area contributed by atoms with Gasteiger partial charge in [0.1, 0.15) is 11.5 Å². The molecular weight excluding hydrogens is 350 g/mol. The van der Waals surface area contributed by atoms with Gasteiger partial charge in [-0.15, -0.1) is 0 Å². The normalized spacial score (nSPS) is 26.1. The van der Waals surface area contributed by atoms with Crippen molar-refractivity contribution < 1.29 is 14.2 Å². The number of hydrogen-bond acceptors (Lipinski definition) is 4. The summed E-state index contributed by atoms with van der Waals surface area (Å²) in [6.07, 6.45) is 3.39. The molecule has 3 atom stereocenters. The van der Waals surface area contributed by atoms with Gasteiger partial charge in [0.05, 0.1) is 25.9 Å².